The highest BCUT2D eigenvalue weighted by molar-refractivity contribution is 7.91. The minimum absolute atomic E-state index is 0.165. The average Bonchev–Trinajstić information content (AvgIpc) is 3.15. The van der Waals surface area contributed by atoms with E-state index in [1.165, 1.54) is 17.1 Å². The lowest BCUT2D eigenvalue weighted by molar-refractivity contribution is 0.193. The number of sulfone groups is 1. The molecule has 0 aliphatic carbocycles. The molecule has 1 aromatic carbocycles. The number of hydrogen-bond donors (Lipinski definition) is 1. The summed E-state index contributed by atoms with van der Waals surface area (Å²) in [6.07, 6.45) is 3.87. The van der Waals surface area contributed by atoms with Gasteiger partial charge < -0.3 is 5.11 Å². The highest BCUT2D eigenvalue weighted by atomic mass is 32.2. The van der Waals surface area contributed by atoms with Gasteiger partial charge in [-0.05, 0) is 36.8 Å². The van der Waals surface area contributed by atoms with Gasteiger partial charge in [-0.1, -0.05) is 12.1 Å². The molecule has 3 aromatic rings. The van der Waals surface area contributed by atoms with Crippen LogP contribution in [0.15, 0.2) is 63.7 Å². The molecule has 1 aliphatic heterocycles. The maximum absolute atomic E-state index is 12.8. The molecule has 9 heteroatoms. The van der Waals surface area contributed by atoms with Crippen LogP contribution in [0.3, 0.4) is 0 Å². The second-order valence-electron chi connectivity index (χ2n) is 7.01. The van der Waals surface area contributed by atoms with Gasteiger partial charge in [-0.15, -0.1) is 0 Å². The molecular weight excluding hydrogens is 390 g/mol. The number of nitrogens with zero attached hydrogens (tertiary/aromatic N) is 5. The molecule has 1 N–H and O–H groups in total. The largest absolute Gasteiger partial charge is 0.387 e. The van der Waals surface area contributed by atoms with E-state index in [0.29, 0.717) is 18.8 Å². The van der Waals surface area contributed by atoms with Gasteiger partial charge in [0.2, 0.25) is 9.84 Å². The van der Waals surface area contributed by atoms with Crippen LogP contribution in [0.5, 0.6) is 0 Å². The van der Waals surface area contributed by atoms with Crippen LogP contribution in [-0.2, 0) is 30.0 Å². The minimum Gasteiger partial charge on any atom is -0.387 e. The van der Waals surface area contributed by atoms with Crippen LogP contribution in [0, 0.1) is 0 Å². The van der Waals surface area contributed by atoms with Gasteiger partial charge in [-0.25, -0.2) is 8.42 Å². The van der Waals surface area contributed by atoms with Gasteiger partial charge in [-0.3, -0.25) is 14.7 Å². The summed E-state index contributed by atoms with van der Waals surface area (Å²) in [6.45, 7) is 2.71. The van der Waals surface area contributed by atoms with Crippen LogP contribution >= 0.6 is 0 Å². The van der Waals surface area contributed by atoms with Gasteiger partial charge in [0.15, 0.2) is 0 Å². The van der Waals surface area contributed by atoms with E-state index in [2.05, 4.69) is 15.2 Å². The lowest BCUT2D eigenvalue weighted by atomic mass is 10.1. The van der Waals surface area contributed by atoms with E-state index in [4.69, 9.17) is 0 Å². The van der Waals surface area contributed by atoms with Gasteiger partial charge >= 0.3 is 0 Å². The number of hydrazone groups is 1. The Balaban J connectivity index is 1.55. The minimum atomic E-state index is -3.62. The quantitative estimate of drug-likeness (QED) is 0.690. The molecule has 0 saturated heterocycles. The molecule has 29 heavy (non-hydrogen) atoms. The van der Waals surface area contributed by atoms with Crippen molar-refractivity contribution in [2.45, 2.75) is 35.9 Å². The zero-order chi connectivity index (χ0) is 20.6. The zero-order valence-corrected chi connectivity index (χ0v) is 16.9. The van der Waals surface area contributed by atoms with E-state index < -0.39 is 15.9 Å². The number of rotatable bonds is 5. The predicted molar refractivity (Wildman–Crippen MR) is 107 cm³/mol. The average molecular weight is 411 g/mol. The van der Waals surface area contributed by atoms with Crippen molar-refractivity contribution in [2.24, 2.45) is 12.1 Å². The Morgan fingerprint density at radius 1 is 1.21 bits per heavy atom. The molecule has 150 valence electrons. The van der Waals surface area contributed by atoms with Gasteiger partial charge in [0, 0.05) is 18.8 Å². The number of aryl methyl sites for hydroxylation is 1. The fourth-order valence-electron chi connectivity index (χ4n) is 3.16. The number of pyridine rings is 1. The Morgan fingerprint density at radius 3 is 2.76 bits per heavy atom. The third-order valence-electron chi connectivity index (χ3n) is 4.73. The molecule has 1 aliphatic rings. The fraction of sp³-hybridized carbons (Fsp3) is 0.250. The Bertz CT molecular complexity index is 1180. The summed E-state index contributed by atoms with van der Waals surface area (Å²) >= 11 is 0. The van der Waals surface area contributed by atoms with Crippen molar-refractivity contribution in [1.82, 2.24) is 19.8 Å². The Hall–Kier alpha value is -3.04. The van der Waals surface area contributed by atoms with Crippen molar-refractivity contribution in [3.05, 3.63) is 71.3 Å². The van der Waals surface area contributed by atoms with Crippen LogP contribution < -0.4 is 0 Å². The first kappa shape index (κ1) is 19.3. The zero-order valence-electron chi connectivity index (χ0n) is 16.1. The molecule has 8 nitrogen and oxygen atoms in total. The summed E-state index contributed by atoms with van der Waals surface area (Å²) in [7, 11) is -1.94. The fourth-order valence-corrected chi connectivity index (χ4v) is 4.44. The Morgan fingerprint density at radius 2 is 2.03 bits per heavy atom. The van der Waals surface area contributed by atoms with E-state index in [0.717, 1.165) is 16.8 Å². The first-order chi connectivity index (χ1) is 13.8. The van der Waals surface area contributed by atoms with Crippen molar-refractivity contribution in [1.29, 1.82) is 0 Å². The molecule has 0 amide bonds. The van der Waals surface area contributed by atoms with Crippen molar-refractivity contribution in [3.8, 4) is 0 Å². The van der Waals surface area contributed by atoms with Gasteiger partial charge in [0.1, 0.15) is 4.90 Å². The van der Waals surface area contributed by atoms with Crippen molar-refractivity contribution < 1.29 is 13.5 Å². The summed E-state index contributed by atoms with van der Waals surface area (Å²) in [5.74, 6) is 0. The van der Waals surface area contributed by atoms with E-state index in [9.17, 15) is 13.5 Å². The molecule has 1 atom stereocenters. The lowest BCUT2D eigenvalue weighted by Crippen LogP contribution is -2.22. The second kappa shape index (κ2) is 7.41. The third kappa shape index (κ3) is 3.92. The van der Waals surface area contributed by atoms with E-state index in [1.807, 2.05) is 23.2 Å². The molecule has 0 bridgehead atoms. The highest BCUT2D eigenvalue weighted by Gasteiger charge is 2.22. The highest BCUT2D eigenvalue weighted by Crippen LogP contribution is 2.25. The number of aromatic nitrogens is 3. The van der Waals surface area contributed by atoms with Crippen molar-refractivity contribution in [3.63, 3.8) is 0 Å². The monoisotopic (exact) mass is 411 g/mol. The number of aliphatic hydroxyl groups is 1. The second-order valence-corrected chi connectivity index (χ2v) is 8.96. The van der Waals surface area contributed by atoms with Gasteiger partial charge in [0.25, 0.3) is 0 Å². The standard InChI is InChI=1S/C20H21N5O3S/c1-14(26)20-5-3-4-17(23-20)12-25-11-15-6-7-18(8-16(15)9-22-25)29(27,28)19-10-21-24(2)13-19/h3-10,13-14,26H,11-12H2,1-2H3. The summed E-state index contributed by atoms with van der Waals surface area (Å²) in [5, 5.41) is 19.9. The predicted octanol–water partition coefficient (Wildman–Crippen LogP) is 2.05. The van der Waals surface area contributed by atoms with Crippen molar-refractivity contribution in [2.75, 3.05) is 0 Å². The molecule has 0 fully saturated rings. The molecule has 0 radical (unpaired) electrons. The van der Waals surface area contributed by atoms with E-state index in [1.54, 1.807) is 38.4 Å². The smallest absolute Gasteiger partial charge is 0.209 e. The van der Waals surface area contributed by atoms with Crippen molar-refractivity contribution >= 4 is 16.1 Å². The summed E-state index contributed by atoms with van der Waals surface area (Å²) in [4.78, 5) is 4.83. The number of benzene rings is 1. The number of aliphatic hydroxyl groups excluding tert-OH is 1. The maximum atomic E-state index is 12.8. The summed E-state index contributed by atoms with van der Waals surface area (Å²) in [5.41, 5.74) is 3.18. The number of hydrogen-bond acceptors (Lipinski definition) is 7. The van der Waals surface area contributed by atoms with E-state index >= 15 is 0 Å². The first-order valence-electron chi connectivity index (χ1n) is 9.12. The molecule has 0 spiro atoms. The topological polar surface area (TPSA) is 101 Å². The Kier molecular flexibility index (Phi) is 4.93. The molecule has 4 rings (SSSR count). The molecular formula is C20H21N5O3S. The SMILES string of the molecule is CC(O)c1cccc(CN2Cc3ccc(S(=O)(=O)c4cnn(C)c4)cc3C=N2)n1. The molecule has 3 heterocycles. The van der Waals surface area contributed by atoms with Gasteiger partial charge in [-0.2, -0.15) is 10.2 Å². The van der Waals surface area contributed by atoms with Crippen LogP contribution in [0.2, 0.25) is 0 Å². The van der Waals surface area contributed by atoms with Gasteiger partial charge in [0.05, 0.1) is 47.9 Å². The summed E-state index contributed by atoms with van der Waals surface area (Å²) in [6, 6.07) is 10.6. The maximum Gasteiger partial charge on any atom is 0.209 e. The summed E-state index contributed by atoms with van der Waals surface area (Å²) < 4.78 is 27.0. The third-order valence-corrected chi connectivity index (χ3v) is 6.44. The Labute approximate surface area is 169 Å². The first-order valence-corrected chi connectivity index (χ1v) is 10.6. The van der Waals surface area contributed by atoms with Crippen LogP contribution in [-0.4, -0.2) is 39.5 Å². The molecule has 1 unspecified atom stereocenters. The normalized spacial score (nSPS) is 14.7. The van der Waals surface area contributed by atoms with E-state index in [-0.39, 0.29) is 9.79 Å². The molecule has 2 aromatic heterocycles. The molecule has 0 saturated carbocycles. The van der Waals surface area contributed by atoms with Crippen LogP contribution in [0.4, 0.5) is 0 Å². The number of fused-ring (bicyclic) bond motifs is 1. The van der Waals surface area contributed by atoms with Crippen LogP contribution in [0.25, 0.3) is 0 Å². The lowest BCUT2D eigenvalue weighted by Gasteiger charge is -2.24. The van der Waals surface area contributed by atoms with Crippen LogP contribution in [0.1, 0.15) is 35.5 Å².